The van der Waals surface area contributed by atoms with Gasteiger partial charge in [-0.25, -0.2) is 8.42 Å². The number of amides is 1. The second-order valence-corrected chi connectivity index (χ2v) is 7.63. The number of carbonyl (C=O) groups excluding carboxylic acids is 1. The Kier molecular flexibility index (Phi) is 5.20. The minimum Gasteiger partial charge on any atom is -0.325 e. The van der Waals surface area contributed by atoms with Gasteiger partial charge in [0.15, 0.2) is 0 Å². The molecule has 0 saturated carbocycles. The summed E-state index contributed by atoms with van der Waals surface area (Å²) in [6, 6.07) is 4.25. The number of nitrogens with two attached hydrogens (primary N) is 1. The molecular weight excluding hydrogens is 302 g/mol. The van der Waals surface area contributed by atoms with E-state index in [0.717, 1.165) is 19.3 Å². The average Bonchev–Trinajstić information content (AvgIpc) is 2.49. The van der Waals surface area contributed by atoms with Crippen molar-refractivity contribution in [3.8, 4) is 0 Å². The first-order chi connectivity index (χ1) is 10.3. The Balaban J connectivity index is 2.31. The van der Waals surface area contributed by atoms with E-state index < -0.39 is 16.1 Å². The standard InChI is InChI=1S/C15H23N3O3S/c1-11-6-7-13(17-15(19)12(2)16)10-14(11)22(20,21)18-8-4-3-5-9-18/h6-7,10,12H,3-5,8-9,16H2,1-2H3,(H,17,19). The Morgan fingerprint density at radius 1 is 1.27 bits per heavy atom. The van der Waals surface area contributed by atoms with Gasteiger partial charge in [0, 0.05) is 18.8 Å². The maximum atomic E-state index is 12.8. The van der Waals surface area contributed by atoms with Crippen LogP contribution in [0.15, 0.2) is 23.1 Å². The molecule has 1 aromatic carbocycles. The summed E-state index contributed by atoms with van der Waals surface area (Å²) in [4.78, 5) is 11.9. The molecule has 1 aliphatic heterocycles. The van der Waals surface area contributed by atoms with E-state index in [4.69, 9.17) is 5.73 Å². The lowest BCUT2D eigenvalue weighted by molar-refractivity contribution is -0.117. The molecule has 22 heavy (non-hydrogen) atoms. The van der Waals surface area contributed by atoms with Crippen molar-refractivity contribution in [1.82, 2.24) is 4.31 Å². The first-order valence-corrected chi connectivity index (χ1v) is 8.93. The molecule has 1 aromatic rings. The van der Waals surface area contributed by atoms with Crippen molar-refractivity contribution in [1.29, 1.82) is 0 Å². The van der Waals surface area contributed by atoms with Crippen molar-refractivity contribution in [2.45, 2.75) is 44.0 Å². The zero-order valence-corrected chi connectivity index (χ0v) is 13.8. The molecular formula is C15H23N3O3S. The highest BCUT2D eigenvalue weighted by Crippen LogP contribution is 2.26. The fourth-order valence-electron chi connectivity index (χ4n) is 2.46. The molecule has 122 valence electrons. The van der Waals surface area contributed by atoms with Gasteiger partial charge in [0.1, 0.15) is 0 Å². The van der Waals surface area contributed by atoms with Crippen LogP contribution < -0.4 is 11.1 Å². The van der Waals surface area contributed by atoms with E-state index in [1.54, 1.807) is 26.0 Å². The second kappa shape index (κ2) is 6.76. The number of hydrogen-bond acceptors (Lipinski definition) is 4. The second-order valence-electron chi connectivity index (χ2n) is 5.72. The molecule has 1 heterocycles. The number of anilines is 1. The van der Waals surface area contributed by atoms with Crippen LogP contribution in [0.3, 0.4) is 0 Å². The van der Waals surface area contributed by atoms with Crippen molar-refractivity contribution in [3.63, 3.8) is 0 Å². The number of aryl methyl sites for hydroxylation is 1. The van der Waals surface area contributed by atoms with Gasteiger partial charge >= 0.3 is 0 Å². The van der Waals surface area contributed by atoms with Crippen LogP contribution in [-0.4, -0.2) is 37.8 Å². The first-order valence-electron chi connectivity index (χ1n) is 7.49. The Hall–Kier alpha value is -1.44. The van der Waals surface area contributed by atoms with Gasteiger partial charge < -0.3 is 11.1 Å². The maximum absolute atomic E-state index is 12.8. The van der Waals surface area contributed by atoms with E-state index in [0.29, 0.717) is 24.3 Å². The van der Waals surface area contributed by atoms with Crippen molar-refractivity contribution >= 4 is 21.6 Å². The summed E-state index contributed by atoms with van der Waals surface area (Å²) in [7, 11) is -3.52. The molecule has 6 nitrogen and oxygen atoms in total. The predicted molar refractivity (Wildman–Crippen MR) is 86.1 cm³/mol. The normalized spacial score (nSPS) is 18.0. The Bertz CT molecular complexity index is 650. The SMILES string of the molecule is Cc1ccc(NC(=O)C(C)N)cc1S(=O)(=O)N1CCCCC1. The predicted octanol–water partition coefficient (Wildman–Crippen LogP) is 1.46. The van der Waals surface area contributed by atoms with Crippen molar-refractivity contribution < 1.29 is 13.2 Å². The third-order valence-corrected chi connectivity index (χ3v) is 5.84. The van der Waals surface area contributed by atoms with E-state index in [2.05, 4.69) is 5.32 Å². The summed E-state index contributed by atoms with van der Waals surface area (Å²) in [5, 5.41) is 2.64. The van der Waals surface area contributed by atoms with Gasteiger partial charge in [-0.15, -0.1) is 0 Å². The summed E-state index contributed by atoms with van der Waals surface area (Å²) in [6.07, 6.45) is 2.84. The molecule has 7 heteroatoms. The highest BCUT2D eigenvalue weighted by atomic mass is 32.2. The third kappa shape index (κ3) is 3.66. The summed E-state index contributed by atoms with van der Waals surface area (Å²) < 4.78 is 27.1. The van der Waals surface area contributed by atoms with Crippen LogP contribution in [0, 0.1) is 6.92 Å². The molecule has 0 radical (unpaired) electrons. The van der Waals surface area contributed by atoms with Crippen LogP contribution in [-0.2, 0) is 14.8 Å². The van der Waals surface area contributed by atoms with Gasteiger partial charge in [-0.2, -0.15) is 4.31 Å². The van der Waals surface area contributed by atoms with Crippen LogP contribution >= 0.6 is 0 Å². The maximum Gasteiger partial charge on any atom is 0.243 e. The number of rotatable bonds is 4. The fourth-order valence-corrected chi connectivity index (χ4v) is 4.22. The topological polar surface area (TPSA) is 92.5 Å². The molecule has 1 saturated heterocycles. The van der Waals surface area contributed by atoms with Crippen molar-refractivity contribution in [2.24, 2.45) is 5.73 Å². The number of nitrogens with one attached hydrogen (secondary N) is 1. The monoisotopic (exact) mass is 325 g/mol. The molecule has 1 aliphatic rings. The fraction of sp³-hybridized carbons (Fsp3) is 0.533. The molecule has 0 aromatic heterocycles. The van der Waals surface area contributed by atoms with Gasteiger partial charge in [-0.3, -0.25) is 4.79 Å². The summed E-state index contributed by atoms with van der Waals surface area (Å²) in [5.41, 5.74) is 6.63. The number of piperidine rings is 1. The third-order valence-electron chi connectivity index (χ3n) is 3.80. The molecule has 1 atom stereocenters. The van der Waals surface area contributed by atoms with E-state index in [-0.39, 0.29) is 10.8 Å². The van der Waals surface area contributed by atoms with E-state index >= 15 is 0 Å². The van der Waals surface area contributed by atoms with Gasteiger partial charge in [-0.05, 0) is 44.4 Å². The van der Waals surface area contributed by atoms with Crippen LogP contribution in [0.2, 0.25) is 0 Å². The van der Waals surface area contributed by atoms with Crippen LogP contribution in [0.25, 0.3) is 0 Å². The number of benzene rings is 1. The molecule has 0 aliphatic carbocycles. The molecule has 3 N–H and O–H groups in total. The highest BCUT2D eigenvalue weighted by Gasteiger charge is 2.27. The molecule has 0 spiro atoms. The smallest absolute Gasteiger partial charge is 0.243 e. The lowest BCUT2D eigenvalue weighted by Crippen LogP contribution is -2.36. The first kappa shape index (κ1) is 16.9. The Morgan fingerprint density at radius 3 is 2.50 bits per heavy atom. The minimum absolute atomic E-state index is 0.247. The van der Waals surface area contributed by atoms with Gasteiger partial charge in [0.05, 0.1) is 10.9 Å². The molecule has 1 fully saturated rings. The zero-order chi connectivity index (χ0) is 16.3. The van der Waals surface area contributed by atoms with Crippen LogP contribution in [0.1, 0.15) is 31.7 Å². The average molecular weight is 325 g/mol. The van der Waals surface area contributed by atoms with Gasteiger partial charge in [0.25, 0.3) is 0 Å². The Labute approximate surface area is 131 Å². The van der Waals surface area contributed by atoms with Crippen molar-refractivity contribution in [2.75, 3.05) is 18.4 Å². The van der Waals surface area contributed by atoms with Crippen LogP contribution in [0.5, 0.6) is 0 Å². The Morgan fingerprint density at radius 2 is 1.91 bits per heavy atom. The number of hydrogen-bond donors (Lipinski definition) is 2. The van der Waals surface area contributed by atoms with Gasteiger partial charge in [-0.1, -0.05) is 12.5 Å². The van der Waals surface area contributed by atoms with Crippen LogP contribution in [0.4, 0.5) is 5.69 Å². The lowest BCUT2D eigenvalue weighted by atomic mass is 10.2. The molecule has 1 amide bonds. The largest absolute Gasteiger partial charge is 0.325 e. The quantitative estimate of drug-likeness (QED) is 0.876. The number of sulfonamides is 1. The zero-order valence-electron chi connectivity index (χ0n) is 13.0. The lowest BCUT2D eigenvalue weighted by Gasteiger charge is -2.26. The van der Waals surface area contributed by atoms with E-state index in [1.807, 2.05) is 0 Å². The van der Waals surface area contributed by atoms with E-state index in [9.17, 15) is 13.2 Å². The number of nitrogens with zero attached hydrogens (tertiary/aromatic N) is 1. The number of carbonyl (C=O) groups is 1. The molecule has 2 rings (SSSR count). The minimum atomic E-state index is -3.52. The molecule has 0 bridgehead atoms. The summed E-state index contributed by atoms with van der Waals surface area (Å²) >= 11 is 0. The highest BCUT2D eigenvalue weighted by molar-refractivity contribution is 7.89. The van der Waals surface area contributed by atoms with Gasteiger partial charge in [0.2, 0.25) is 15.9 Å². The van der Waals surface area contributed by atoms with E-state index in [1.165, 1.54) is 10.4 Å². The summed E-state index contributed by atoms with van der Waals surface area (Å²) in [6.45, 7) is 4.44. The molecule has 1 unspecified atom stereocenters. The van der Waals surface area contributed by atoms with Crippen molar-refractivity contribution in [3.05, 3.63) is 23.8 Å². The summed E-state index contributed by atoms with van der Waals surface area (Å²) in [5.74, 6) is -0.342.